The lowest BCUT2D eigenvalue weighted by Gasteiger charge is -2.40. The van der Waals surface area contributed by atoms with Crippen LogP contribution >= 0.6 is 0 Å². The number of nitrogens with one attached hydrogen (secondary N) is 3. The molecule has 1 aromatic heterocycles. The smallest absolute Gasteiger partial charge is 0.407 e. The first-order valence-corrected chi connectivity index (χ1v) is 13.9. The predicted octanol–water partition coefficient (Wildman–Crippen LogP) is 5.18. The van der Waals surface area contributed by atoms with Crippen LogP contribution in [0.15, 0.2) is 60.8 Å². The van der Waals surface area contributed by atoms with Gasteiger partial charge in [-0.3, -0.25) is 5.10 Å². The summed E-state index contributed by atoms with van der Waals surface area (Å²) >= 11 is 0. The van der Waals surface area contributed by atoms with Gasteiger partial charge in [-0.05, 0) is 74.1 Å². The molecule has 0 radical (unpaired) electrons. The van der Waals surface area contributed by atoms with Gasteiger partial charge < -0.3 is 20.5 Å². The highest BCUT2D eigenvalue weighted by atomic mass is 16.6. The number of aliphatic hydroxyl groups excluding tert-OH is 1. The molecule has 0 fully saturated rings. The van der Waals surface area contributed by atoms with Crippen LogP contribution in [0, 0.1) is 0 Å². The van der Waals surface area contributed by atoms with E-state index in [-0.39, 0.29) is 11.0 Å². The molecule has 3 aromatic rings. The molecule has 39 heavy (non-hydrogen) atoms. The number of aromatic amines is 1. The minimum atomic E-state index is -0.842. The Bertz CT molecular complexity index is 1240. The van der Waals surface area contributed by atoms with Crippen molar-refractivity contribution in [3.63, 3.8) is 0 Å². The number of rotatable bonds is 8. The van der Waals surface area contributed by atoms with Gasteiger partial charge in [-0.1, -0.05) is 75.4 Å². The van der Waals surface area contributed by atoms with Crippen LogP contribution in [-0.4, -0.2) is 45.7 Å². The number of ether oxygens (including phenoxy) is 1. The average molecular weight is 533 g/mol. The number of benzene rings is 2. The Hall–Kier alpha value is -3.16. The van der Waals surface area contributed by atoms with Crippen LogP contribution in [0.25, 0.3) is 0 Å². The second kappa shape index (κ2) is 11.5. The third kappa shape index (κ3) is 7.49. The quantitative estimate of drug-likeness (QED) is 0.321. The van der Waals surface area contributed by atoms with Crippen molar-refractivity contribution in [3.8, 4) is 0 Å². The van der Waals surface area contributed by atoms with E-state index in [0.29, 0.717) is 13.0 Å². The minimum absolute atomic E-state index is 0.0182. The molecule has 0 spiro atoms. The van der Waals surface area contributed by atoms with E-state index in [1.54, 1.807) is 0 Å². The summed E-state index contributed by atoms with van der Waals surface area (Å²) in [6.45, 7) is 12.5. The molecule has 0 saturated heterocycles. The van der Waals surface area contributed by atoms with E-state index in [4.69, 9.17) is 4.74 Å². The van der Waals surface area contributed by atoms with Crippen molar-refractivity contribution in [1.82, 2.24) is 20.8 Å². The molecule has 2 aromatic carbocycles. The Labute approximate surface area is 232 Å². The number of aliphatic hydroxyl groups is 1. The van der Waals surface area contributed by atoms with Crippen LogP contribution in [-0.2, 0) is 35.0 Å². The number of nitrogens with zero attached hydrogens (tertiary/aromatic N) is 1. The van der Waals surface area contributed by atoms with Gasteiger partial charge in [-0.25, -0.2) is 4.79 Å². The summed E-state index contributed by atoms with van der Waals surface area (Å²) in [5, 5.41) is 25.7. The fourth-order valence-electron chi connectivity index (χ4n) is 5.29. The molecular formula is C32H44N4O3. The van der Waals surface area contributed by atoms with E-state index in [9.17, 15) is 9.90 Å². The number of fused-ring (bicyclic) bond motifs is 1. The monoisotopic (exact) mass is 532 g/mol. The summed E-state index contributed by atoms with van der Waals surface area (Å²) in [7, 11) is 0. The molecule has 1 heterocycles. The van der Waals surface area contributed by atoms with E-state index in [1.807, 2.05) is 57.3 Å². The van der Waals surface area contributed by atoms with E-state index in [1.165, 1.54) is 16.7 Å². The topological polar surface area (TPSA) is 99.3 Å². The molecule has 3 atom stereocenters. The number of amides is 1. The van der Waals surface area contributed by atoms with Crippen molar-refractivity contribution >= 4 is 6.09 Å². The van der Waals surface area contributed by atoms with Gasteiger partial charge in [0.25, 0.3) is 0 Å². The van der Waals surface area contributed by atoms with E-state index < -0.39 is 23.8 Å². The maximum absolute atomic E-state index is 12.7. The molecule has 1 amide bonds. The Morgan fingerprint density at radius 2 is 1.85 bits per heavy atom. The molecular weight excluding hydrogens is 488 g/mol. The van der Waals surface area contributed by atoms with Gasteiger partial charge in [-0.2, -0.15) is 5.10 Å². The van der Waals surface area contributed by atoms with Crippen molar-refractivity contribution in [2.24, 2.45) is 0 Å². The number of aryl methyl sites for hydroxylation is 1. The maximum atomic E-state index is 12.7. The number of carbonyl (C=O) groups is 1. The predicted molar refractivity (Wildman–Crippen MR) is 155 cm³/mol. The zero-order valence-electron chi connectivity index (χ0n) is 24.2. The van der Waals surface area contributed by atoms with Gasteiger partial charge in [0, 0.05) is 18.3 Å². The van der Waals surface area contributed by atoms with Crippen molar-refractivity contribution in [2.45, 2.75) is 95.9 Å². The Morgan fingerprint density at radius 3 is 2.54 bits per heavy atom. The average Bonchev–Trinajstić information content (AvgIpc) is 3.33. The molecule has 0 saturated carbocycles. The van der Waals surface area contributed by atoms with Crippen molar-refractivity contribution < 1.29 is 14.6 Å². The summed E-state index contributed by atoms with van der Waals surface area (Å²) in [6.07, 6.45) is 3.56. The largest absolute Gasteiger partial charge is 0.444 e. The normalized spacial score (nSPS) is 19.2. The molecule has 0 aliphatic heterocycles. The molecule has 1 aliphatic rings. The van der Waals surface area contributed by atoms with Crippen molar-refractivity contribution in [3.05, 3.63) is 88.7 Å². The van der Waals surface area contributed by atoms with Crippen molar-refractivity contribution in [1.29, 1.82) is 0 Å². The van der Waals surface area contributed by atoms with Crippen LogP contribution < -0.4 is 10.6 Å². The number of carbonyl (C=O) groups excluding carboxylic acids is 1. The summed E-state index contributed by atoms with van der Waals surface area (Å²) in [5.74, 6) is 0. The molecule has 7 heteroatoms. The fraction of sp³-hybridized carbons (Fsp3) is 0.500. The number of hydrogen-bond acceptors (Lipinski definition) is 5. The molecule has 4 rings (SSSR count). The third-order valence-corrected chi connectivity index (χ3v) is 7.49. The van der Waals surface area contributed by atoms with Gasteiger partial charge >= 0.3 is 6.09 Å². The van der Waals surface area contributed by atoms with Crippen LogP contribution in [0.3, 0.4) is 0 Å². The highest BCUT2D eigenvalue weighted by molar-refractivity contribution is 5.68. The summed E-state index contributed by atoms with van der Waals surface area (Å²) in [4.78, 5) is 12.7. The summed E-state index contributed by atoms with van der Waals surface area (Å²) in [6, 6.07) is 18.2. The van der Waals surface area contributed by atoms with Crippen molar-refractivity contribution in [2.75, 3.05) is 6.54 Å². The fourth-order valence-corrected chi connectivity index (χ4v) is 5.29. The van der Waals surface area contributed by atoms with Crippen LogP contribution in [0.5, 0.6) is 0 Å². The molecule has 0 bridgehead atoms. The Balaban J connectivity index is 1.59. The van der Waals surface area contributed by atoms with Gasteiger partial charge in [0.1, 0.15) is 5.60 Å². The molecule has 7 nitrogen and oxygen atoms in total. The number of hydrogen-bond donors (Lipinski definition) is 4. The highest BCUT2D eigenvalue weighted by Crippen LogP contribution is 2.37. The first-order valence-electron chi connectivity index (χ1n) is 13.9. The zero-order chi connectivity index (χ0) is 28.3. The van der Waals surface area contributed by atoms with Gasteiger partial charge in [0.05, 0.1) is 17.8 Å². The van der Waals surface area contributed by atoms with Crippen LogP contribution in [0.1, 0.15) is 75.9 Å². The van der Waals surface area contributed by atoms with E-state index in [2.05, 4.69) is 65.9 Å². The van der Waals surface area contributed by atoms with E-state index in [0.717, 1.165) is 30.5 Å². The standard InChI is InChI=1S/C32H44N4O3/c1-30(2,3)24-13-10-14-25(18-24)32(16-15-26-23(19-32)20-34-36-26)33-21-28(37)27(17-22-11-8-7-9-12-22)35-29(38)39-31(4,5)6/h7-14,18,20,27-28,33,37H,15-17,19,21H2,1-6H3,(H,34,36)(H,35,38). The number of aromatic nitrogens is 2. The molecule has 3 unspecified atom stereocenters. The van der Waals surface area contributed by atoms with E-state index >= 15 is 0 Å². The van der Waals surface area contributed by atoms with Gasteiger partial charge in [-0.15, -0.1) is 0 Å². The molecule has 1 aliphatic carbocycles. The number of H-pyrrole nitrogens is 1. The highest BCUT2D eigenvalue weighted by Gasteiger charge is 2.38. The first-order chi connectivity index (χ1) is 18.3. The Morgan fingerprint density at radius 1 is 1.10 bits per heavy atom. The summed E-state index contributed by atoms with van der Waals surface area (Å²) < 4.78 is 5.52. The molecule has 4 N–H and O–H groups in total. The van der Waals surface area contributed by atoms with Crippen LogP contribution in [0.2, 0.25) is 0 Å². The minimum Gasteiger partial charge on any atom is -0.444 e. The van der Waals surface area contributed by atoms with Gasteiger partial charge in [0.15, 0.2) is 0 Å². The van der Waals surface area contributed by atoms with Crippen LogP contribution in [0.4, 0.5) is 4.79 Å². The maximum Gasteiger partial charge on any atom is 0.407 e. The first kappa shape index (κ1) is 28.8. The number of alkyl carbamates (subject to hydrolysis) is 1. The third-order valence-electron chi connectivity index (χ3n) is 7.49. The lowest BCUT2D eigenvalue weighted by atomic mass is 9.74. The second-order valence-corrected chi connectivity index (χ2v) is 12.8. The van der Waals surface area contributed by atoms with Gasteiger partial charge in [0.2, 0.25) is 0 Å². The lowest BCUT2D eigenvalue weighted by Crippen LogP contribution is -2.54. The Kier molecular flexibility index (Phi) is 8.52. The summed E-state index contributed by atoms with van der Waals surface area (Å²) in [5.41, 5.74) is 4.82. The zero-order valence-corrected chi connectivity index (χ0v) is 24.2. The molecule has 210 valence electrons. The lowest BCUT2D eigenvalue weighted by molar-refractivity contribution is 0.0411. The second-order valence-electron chi connectivity index (χ2n) is 12.8. The SMILES string of the molecule is CC(C)(C)OC(=O)NC(Cc1ccccc1)C(O)CNC1(c2cccc(C(C)(C)C)c2)CCc2n[nH]cc2C1.